The van der Waals surface area contributed by atoms with Gasteiger partial charge in [0, 0.05) is 19.6 Å². The van der Waals surface area contributed by atoms with E-state index in [-0.39, 0.29) is 6.10 Å². The Morgan fingerprint density at radius 1 is 1.17 bits per heavy atom. The van der Waals surface area contributed by atoms with E-state index in [9.17, 15) is 5.11 Å². The highest BCUT2D eigenvalue weighted by atomic mass is 16.5. The molecular weight excluding hydrogens is 288 g/mol. The van der Waals surface area contributed by atoms with Crippen molar-refractivity contribution >= 4 is 0 Å². The molecule has 0 saturated carbocycles. The van der Waals surface area contributed by atoms with Crippen molar-refractivity contribution in [1.82, 2.24) is 4.90 Å². The predicted molar refractivity (Wildman–Crippen MR) is 87.7 cm³/mol. The lowest BCUT2D eigenvalue weighted by Gasteiger charge is -2.34. The maximum absolute atomic E-state index is 10.4. The SMILES string of the molecule is N#Cc1ccc(C(O)CN2CCOC(c3ccccc3)C2)cc1. The van der Waals surface area contributed by atoms with Crippen molar-refractivity contribution in [2.75, 3.05) is 26.2 Å². The minimum Gasteiger partial charge on any atom is -0.387 e. The summed E-state index contributed by atoms with van der Waals surface area (Å²) in [4.78, 5) is 2.23. The van der Waals surface area contributed by atoms with Crippen molar-refractivity contribution in [2.24, 2.45) is 0 Å². The smallest absolute Gasteiger partial charge is 0.0991 e. The minimum absolute atomic E-state index is 0.0538. The average Bonchev–Trinajstić information content (AvgIpc) is 2.63. The van der Waals surface area contributed by atoms with Crippen molar-refractivity contribution in [3.63, 3.8) is 0 Å². The van der Waals surface area contributed by atoms with Crippen molar-refractivity contribution in [3.8, 4) is 6.07 Å². The topological polar surface area (TPSA) is 56.5 Å². The minimum atomic E-state index is -0.558. The second-order valence-corrected chi connectivity index (χ2v) is 5.78. The molecule has 2 atom stereocenters. The number of nitrogens with zero attached hydrogens (tertiary/aromatic N) is 2. The van der Waals surface area contributed by atoms with E-state index in [4.69, 9.17) is 10.00 Å². The zero-order chi connectivity index (χ0) is 16.1. The second kappa shape index (κ2) is 7.38. The summed E-state index contributed by atoms with van der Waals surface area (Å²) < 4.78 is 5.85. The van der Waals surface area contributed by atoms with Gasteiger partial charge in [-0.3, -0.25) is 4.90 Å². The Bertz CT molecular complexity index is 664. The van der Waals surface area contributed by atoms with Gasteiger partial charge in [-0.05, 0) is 23.3 Å². The summed E-state index contributed by atoms with van der Waals surface area (Å²) in [6, 6.07) is 19.4. The van der Waals surface area contributed by atoms with Gasteiger partial charge < -0.3 is 9.84 Å². The Kier molecular flexibility index (Phi) is 5.04. The number of hydrogen-bond donors (Lipinski definition) is 1. The van der Waals surface area contributed by atoms with Gasteiger partial charge in [0.15, 0.2) is 0 Å². The van der Waals surface area contributed by atoms with Crippen LogP contribution in [0.15, 0.2) is 54.6 Å². The highest BCUT2D eigenvalue weighted by molar-refractivity contribution is 5.32. The third kappa shape index (κ3) is 3.96. The predicted octanol–water partition coefficient (Wildman–Crippen LogP) is 2.67. The Morgan fingerprint density at radius 2 is 1.91 bits per heavy atom. The molecule has 0 aliphatic carbocycles. The molecule has 1 N–H and O–H groups in total. The van der Waals surface area contributed by atoms with Gasteiger partial charge in [0.2, 0.25) is 0 Å². The van der Waals surface area contributed by atoms with Crippen molar-refractivity contribution < 1.29 is 9.84 Å². The molecule has 1 fully saturated rings. The number of aliphatic hydroxyl groups excluding tert-OH is 1. The first-order chi connectivity index (χ1) is 11.3. The molecule has 0 radical (unpaired) electrons. The Hall–Kier alpha value is -2.19. The van der Waals surface area contributed by atoms with Crippen LogP contribution >= 0.6 is 0 Å². The molecule has 1 heterocycles. The van der Waals surface area contributed by atoms with E-state index in [0.717, 1.165) is 18.7 Å². The molecule has 4 nitrogen and oxygen atoms in total. The zero-order valence-corrected chi connectivity index (χ0v) is 12.9. The fraction of sp³-hybridized carbons (Fsp3) is 0.316. The molecule has 2 aromatic rings. The van der Waals surface area contributed by atoms with Gasteiger partial charge in [-0.1, -0.05) is 42.5 Å². The van der Waals surface area contributed by atoms with Crippen LogP contribution in [-0.4, -0.2) is 36.2 Å². The summed E-state index contributed by atoms with van der Waals surface area (Å²) in [5, 5.41) is 19.3. The van der Waals surface area contributed by atoms with Crippen LogP contribution in [0, 0.1) is 11.3 Å². The standard InChI is InChI=1S/C19H20N2O2/c20-12-15-6-8-16(9-7-15)18(22)13-21-10-11-23-19(14-21)17-4-2-1-3-5-17/h1-9,18-19,22H,10-11,13-14H2. The molecule has 0 bridgehead atoms. The lowest BCUT2D eigenvalue weighted by atomic mass is 10.0. The number of rotatable bonds is 4. The summed E-state index contributed by atoms with van der Waals surface area (Å²) in [6.07, 6.45) is -0.504. The van der Waals surface area contributed by atoms with E-state index in [0.29, 0.717) is 18.7 Å². The molecule has 1 aliphatic rings. The monoisotopic (exact) mass is 308 g/mol. The Morgan fingerprint density at radius 3 is 2.61 bits per heavy atom. The van der Waals surface area contributed by atoms with Crippen LogP contribution in [0.5, 0.6) is 0 Å². The fourth-order valence-corrected chi connectivity index (χ4v) is 2.87. The molecule has 118 valence electrons. The van der Waals surface area contributed by atoms with Crippen molar-refractivity contribution in [2.45, 2.75) is 12.2 Å². The van der Waals surface area contributed by atoms with Gasteiger partial charge in [0.1, 0.15) is 0 Å². The van der Waals surface area contributed by atoms with E-state index in [1.807, 2.05) is 30.3 Å². The van der Waals surface area contributed by atoms with Gasteiger partial charge in [-0.25, -0.2) is 0 Å². The van der Waals surface area contributed by atoms with Gasteiger partial charge >= 0.3 is 0 Å². The van der Waals surface area contributed by atoms with E-state index in [2.05, 4.69) is 23.1 Å². The highest BCUT2D eigenvalue weighted by Gasteiger charge is 2.23. The highest BCUT2D eigenvalue weighted by Crippen LogP contribution is 2.24. The van der Waals surface area contributed by atoms with E-state index >= 15 is 0 Å². The number of hydrogen-bond acceptors (Lipinski definition) is 4. The summed E-state index contributed by atoms with van der Waals surface area (Å²) in [7, 11) is 0. The molecule has 1 saturated heterocycles. The molecular formula is C19H20N2O2. The van der Waals surface area contributed by atoms with E-state index < -0.39 is 6.10 Å². The van der Waals surface area contributed by atoms with Gasteiger partial charge in [-0.15, -0.1) is 0 Å². The Balaban J connectivity index is 1.61. The first-order valence-electron chi connectivity index (χ1n) is 7.83. The summed E-state index contributed by atoms with van der Waals surface area (Å²) >= 11 is 0. The average molecular weight is 308 g/mol. The molecule has 0 amide bonds. The largest absolute Gasteiger partial charge is 0.387 e. The van der Waals surface area contributed by atoms with Gasteiger partial charge in [-0.2, -0.15) is 5.26 Å². The molecule has 2 unspecified atom stereocenters. The number of morpholine rings is 1. The van der Waals surface area contributed by atoms with Crippen LogP contribution in [0.3, 0.4) is 0 Å². The lowest BCUT2D eigenvalue weighted by Crippen LogP contribution is -2.40. The molecule has 0 spiro atoms. The summed E-state index contributed by atoms with van der Waals surface area (Å²) in [6.45, 7) is 2.83. The quantitative estimate of drug-likeness (QED) is 0.943. The van der Waals surface area contributed by atoms with Gasteiger partial charge in [0.25, 0.3) is 0 Å². The molecule has 4 heteroatoms. The molecule has 2 aromatic carbocycles. The van der Waals surface area contributed by atoms with Crippen molar-refractivity contribution in [1.29, 1.82) is 5.26 Å². The van der Waals surface area contributed by atoms with Crippen LogP contribution < -0.4 is 0 Å². The van der Waals surface area contributed by atoms with Gasteiger partial charge in [0.05, 0.1) is 30.4 Å². The zero-order valence-electron chi connectivity index (χ0n) is 12.9. The van der Waals surface area contributed by atoms with E-state index in [1.165, 1.54) is 5.56 Å². The molecule has 23 heavy (non-hydrogen) atoms. The molecule has 1 aliphatic heterocycles. The number of ether oxygens (including phenoxy) is 1. The number of nitriles is 1. The van der Waals surface area contributed by atoms with Crippen LogP contribution in [0.4, 0.5) is 0 Å². The van der Waals surface area contributed by atoms with E-state index in [1.54, 1.807) is 12.1 Å². The van der Waals surface area contributed by atoms with Crippen molar-refractivity contribution in [3.05, 3.63) is 71.3 Å². The first kappa shape index (κ1) is 15.7. The third-order valence-corrected chi connectivity index (χ3v) is 4.18. The summed E-state index contributed by atoms with van der Waals surface area (Å²) in [5.41, 5.74) is 2.62. The lowest BCUT2D eigenvalue weighted by molar-refractivity contribution is -0.0424. The maximum Gasteiger partial charge on any atom is 0.0991 e. The van der Waals surface area contributed by atoms with Crippen LogP contribution in [-0.2, 0) is 4.74 Å². The number of β-amino-alcohol motifs (C(OH)–C–C–N with tert-alkyl or cyclic N) is 1. The van der Waals surface area contributed by atoms with Crippen LogP contribution in [0.1, 0.15) is 28.9 Å². The maximum atomic E-state index is 10.4. The first-order valence-corrected chi connectivity index (χ1v) is 7.83. The third-order valence-electron chi connectivity index (χ3n) is 4.18. The van der Waals surface area contributed by atoms with Crippen LogP contribution in [0.25, 0.3) is 0 Å². The fourth-order valence-electron chi connectivity index (χ4n) is 2.87. The Labute approximate surface area is 136 Å². The summed E-state index contributed by atoms with van der Waals surface area (Å²) in [5.74, 6) is 0. The second-order valence-electron chi connectivity index (χ2n) is 5.78. The van der Waals surface area contributed by atoms with Crippen LogP contribution in [0.2, 0.25) is 0 Å². The number of benzene rings is 2. The molecule has 3 rings (SSSR count). The normalized spacial score (nSPS) is 19.9. The molecule has 0 aromatic heterocycles. The number of aliphatic hydroxyl groups is 1.